The molecule has 124 valence electrons. The maximum absolute atomic E-state index is 6.11. The van der Waals surface area contributed by atoms with Crippen molar-refractivity contribution in [2.45, 2.75) is 63.5 Å². The van der Waals surface area contributed by atoms with Crippen LogP contribution in [0.25, 0.3) is 10.2 Å². The van der Waals surface area contributed by atoms with Gasteiger partial charge in [0.05, 0.1) is 25.5 Å². The molecule has 2 aliphatic carbocycles. The lowest BCUT2D eigenvalue weighted by Crippen LogP contribution is -2.53. The SMILES string of the molecule is C[N+](C)(c1ncnc2sc3c(c12)CCCC3)C1CCC(N)CC1. The van der Waals surface area contributed by atoms with Gasteiger partial charge >= 0.3 is 0 Å². The van der Waals surface area contributed by atoms with Crippen LogP contribution in [0.2, 0.25) is 0 Å². The van der Waals surface area contributed by atoms with Crippen LogP contribution in [-0.2, 0) is 12.8 Å². The summed E-state index contributed by atoms with van der Waals surface area (Å²) in [6.07, 6.45) is 11.5. The number of nitrogens with two attached hydrogens (primary N) is 1. The molecule has 2 heterocycles. The van der Waals surface area contributed by atoms with Crippen molar-refractivity contribution in [3.63, 3.8) is 0 Å². The van der Waals surface area contributed by atoms with Crippen molar-refractivity contribution in [1.82, 2.24) is 14.5 Å². The smallest absolute Gasteiger partial charge is 0.239 e. The van der Waals surface area contributed by atoms with Crippen LogP contribution in [-0.4, -0.2) is 36.1 Å². The van der Waals surface area contributed by atoms with Crippen LogP contribution in [0.3, 0.4) is 0 Å². The van der Waals surface area contributed by atoms with E-state index in [1.54, 1.807) is 16.8 Å². The molecule has 23 heavy (non-hydrogen) atoms. The molecule has 4 nitrogen and oxygen atoms in total. The van der Waals surface area contributed by atoms with E-state index in [0.29, 0.717) is 12.1 Å². The highest BCUT2D eigenvalue weighted by Crippen LogP contribution is 2.42. The number of aryl methyl sites for hydroxylation is 2. The Hall–Kier alpha value is -1.04. The summed E-state index contributed by atoms with van der Waals surface area (Å²) in [4.78, 5) is 12.1. The van der Waals surface area contributed by atoms with E-state index in [-0.39, 0.29) is 0 Å². The van der Waals surface area contributed by atoms with E-state index < -0.39 is 0 Å². The molecule has 0 spiro atoms. The van der Waals surface area contributed by atoms with Gasteiger partial charge in [-0.15, -0.1) is 11.3 Å². The molecule has 0 unspecified atom stereocenters. The Morgan fingerprint density at radius 3 is 2.61 bits per heavy atom. The molecule has 0 saturated heterocycles. The Morgan fingerprint density at radius 1 is 1.09 bits per heavy atom. The van der Waals surface area contributed by atoms with Gasteiger partial charge in [-0.2, -0.15) is 4.98 Å². The van der Waals surface area contributed by atoms with Gasteiger partial charge in [-0.25, -0.2) is 4.98 Å². The Balaban J connectivity index is 1.80. The van der Waals surface area contributed by atoms with E-state index in [1.165, 1.54) is 54.6 Å². The van der Waals surface area contributed by atoms with Gasteiger partial charge in [0.25, 0.3) is 0 Å². The summed E-state index contributed by atoms with van der Waals surface area (Å²) in [6.45, 7) is 0. The predicted molar refractivity (Wildman–Crippen MR) is 97.9 cm³/mol. The average Bonchev–Trinajstić information content (AvgIpc) is 2.93. The molecule has 0 atom stereocenters. The topological polar surface area (TPSA) is 51.8 Å². The average molecular weight is 332 g/mol. The van der Waals surface area contributed by atoms with Gasteiger partial charge in [0.15, 0.2) is 0 Å². The molecule has 1 saturated carbocycles. The van der Waals surface area contributed by atoms with Crippen LogP contribution < -0.4 is 10.2 Å². The second kappa shape index (κ2) is 5.80. The minimum atomic E-state index is 0.394. The first-order chi connectivity index (χ1) is 11.1. The van der Waals surface area contributed by atoms with Crippen molar-refractivity contribution < 1.29 is 0 Å². The van der Waals surface area contributed by atoms with E-state index >= 15 is 0 Å². The van der Waals surface area contributed by atoms with Crippen molar-refractivity contribution in [2.24, 2.45) is 5.73 Å². The molecule has 0 aliphatic heterocycles. The molecule has 2 aromatic heterocycles. The molecule has 5 heteroatoms. The number of hydrogen-bond donors (Lipinski definition) is 1. The standard InChI is InChI=1S/C18H27N4S/c1-22(2,13-9-7-12(19)8-10-13)17-16-14-5-3-4-6-15(14)23-18(16)21-11-20-17/h11-13H,3-10,19H2,1-2H3/q+1. The predicted octanol–water partition coefficient (Wildman–Crippen LogP) is 3.41. The van der Waals surface area contributed by atoms with Gasteiger partial charge in [0.2, 0.25) is 5.82 Å². The highest BCUT2D eigenvalue weighted by molar-refractivity contribution is 7.19. The molecule has 0 aromatic carbocycles. The van der Waals surface area contributed by atoms with Crippen LogP contribution >= 0.6 is 11.3 Å². The fourth-order valence-corrected chi connectivity index (χ4v) is 5.65. The zero-order valence-corrected chi connectivity index (χ0v) is 15.0. The minimum Gasteiger partial charge on any atom is -0.328 e. The summed E-state index contributed by atoms with van der Waals surface area (Å²) in [6, 6.07) is 1.01. The Morgan fingerprint density at radius 2 is 1.83 bits per heavy atom. The number of rotatable bonds is 2. The van der Waals surface area contributed by atoms with Crippen LogP contribution in [0, 0.1) is 0 Å². The first-order valence-electron chi connectivity index (χ1n) is 8.92. The Labute approximate surface area is 142 Å². The molecule has 0 radical (unpaired) electrons. The largest absolute Gasteiger partial charge is 0.328 e. The lowest BCUT2D eigenvalue weighted by molar-refractivity contribution is 0.214. The summed E-state index contributed by atoms with van der Waals surface area (Å²) in [7, 11) is 4.66. The van der Waals surface area contributed by atoms with Gasteiger partial charge in [-0.05, 0) is 44.1 Å². The highest BCUT2D eigenvalue weighted by atomic mass is 32.1. The number of nitrogens with zero attached hydrogens (tertiary/aromatic N) is 3. The van der Waals surface area contributed by atoms with E-state index in [9.17, 15) is 0 Å². The quantitative estimate of drug-likeness (QED) is 0.858. The Bertz CT molecular complexity index is 713. The summed E-state index contributed by atoms with van der Waals surface area (Å²) < 4.78 is 0.870. The molecule has 4 rings (SSSR count). The van der Waals surface area contributed by atoms with Crippen molar-refractivity contribution >= 4 is 27.4 Å². The molecule has 2 aliphatic rings. The number of fused-ring (bicyclic) bond motifs is 3. The minimum absolute atomic E-state index is 0.394. The fourth-order valence-electron chi connectivity index (χ4n) is 4.43. The summed E-state index contributed by atoms with van der Waals surface area (Å²) >= 11 is 1.90. The van der Waals surface area contributed by atoms with Crippen molar-refractivity contribution in [3.8, 4) is 0 Å². The molecular formula is C18H27N4S+. The number of thiophene rings is 1. The number of hydrogen-bond acceptors (Lipinski definition) is 4. The van der Waals surface area contributed by atoms with Gasteiger partial charge < -0.3 is 5.73 Å². The normalized spacial score (nSPS) is 25.5. The van der Waals surface area contributed by atoms with Gasteiger partial charge in [-0.1, -0.05) is 0 Å². The Kier molecular flexibility index (Phi) is 3.90. The highest BCUT2D eigenvalue weighted by Gasteiger charge is 2.37. The molecule has 2 aromatic rings. The first kappa shape index (κ1) is 15.5. The van der Waals surface area contributed by atoms with E-state index in [1.807, 2.05) is 11.3 Å². The van der Waals surface area contributed by atoms with Gasteiger partial charge in [0, 0.05) is 23.8 Å². The molecular weight excluding hydrogens is 304 g/mol. The van der Waals surface area contributed by atoms with Crippen LogP contribution in [0.1, 0.15) is 49.0 Å². The third-order valence-electron chi connectivity index (χ3n) is 5.93. The van der Waals surface area contributed by atoms with E-state index in [2.05, 4.69) is 19.1 Å². The number of quaternary nitrogens is 1. The van der Waals surface area contributed by atoms with E-state index in [0.717, 1.165) is 17.3 Å². The third kappa shape index (κ3) is 2.59. The van der Waals surface area contributed by atoms with Crippen molar-refractivity contribution in [3.05, 3.63) is 16.8 Å². The maximum atomic E-state index is 6.11. The van der Waals surface area contributed by atoms with Crippen molar-refractivity contribution in [1.29, 1.82) is 0 Å². The summed E-state index contributed by atoms with van der Waals surface area (Å²) in [5.74, 6) is 1.23. The fraction of sp³-hybridized carbons (Fsp3) is 0.667. The van der Waals surface area contributed by atoms with E-state index in [4.69, 9.17) is 10.7 Å². The summed E-state index contributed by atoms with van der Waals surface area (Å²) in [5.41, 5.74) is 7.66. The second-order valence-electron chi connectivity index (χ2n) is 7.70. The summed E-state index contributed by atoms with van der Waals surface area (Å²) in [5, 5.41) is 1.37. The van der Waals surface area contributed by atoms with Crippen LogP contribution in [0.15, 0.2) is 6.33 Å². The van der Waals surface area contributed by atoms with Crippen LogP contribution in [0.4, 0.5) is 5.82 Å². The maximum Gasteiger partial charge on any atom is 0.239 e. The zero-order chi connectivity index (χ0) is 16.0. The number of aromatic nitrogens is 2. The molecule has 1 fully saturated rings. The third-order valence-corrected chi connectivity index (χ3v) is 7.13. The van der Waals surface area contributed by atoms with Crippen molar-refractivity contribution in [2.75, 3.05) is 14.1 Å². The molecule has 0 bridgehead atoms. The molecule has 2 N–H and O–H groups in total. The van der Waals surface area contributed by atoms with Crippen LogP contribution in [0.5, 0.6) is 0 Å². The lowest BCUT2D eigenvalue weighted by atomic mass is 9.89. The van der Waals surface area contributed by atoms with Gasteiger partial charge in [-0.3, -0.25) is 4.48 Å². The van der Waals surface area contributed by atoms with Gasteiger partial charge in [0.1, 0.15) is 11.2 Å². The monoisotopic (exact) mass is 331 g/mol. The lowest BCUT2D eigenvalue weighted by Gasteiger charge is -2.40. The first-order valence-corrected chi connectivity index (χ1v) is 9.74. The second-order valence-corrected chi connectivity index (χ2v) is 8.78. The zero-order valence-electron chi connectivity index (χ0n) is 14.2. The molecule has 0 amide bonds.